The van der Waals surface area contributed by atoms with E-state index in [1.54, 1.807) is 0 Å². The third-order valence-electron chi connectivity index (χ3n) is 11.0. The Hall–Kier alpha value is -1.87. The average Bonchev–Trinajstić information content (AvgIpc) is 3.21. The van der Waals surface area contributed by atoms with Crippen LogP contribution in [0.1, 0.15) is 206 Å². The molecule has 1 saturated heterocycles. The van der Waals surface area contributed by atoms with E-state index in [-0.39, 0.29) is 19.4 Å². The smallest absolute Gasteiger partial charge is 0.306 e. The molecule has 1 fully saturated rings. The lowest BCUT2D eigenvalue weighted by molar-refractivity contribution is -0.297. The van der Waals surface area contributed by atoms with Crippen molar-refractivity contribution in [2.45, 2.75) is 243 Å². The van der Waals surface area contributed by atoms with Gasteiger partial charge >= 0.3 is 11.9 Å². The number of esters is 2. The van der Waals surface area contributed by atoms with Crippen LogP contribution in [0.25, 0.3) is 0 Å². The van der Waals surface area contributed by atoms with Crippen LogP contribution in [0.5, 0.6) is 0 Å². The maximum Gasteiger partial charge on any atom is 0.306 e. The molecule has 0 aromatic carbocycles. The Morgan fingerprint density at radius 3 is 1.50 bits per heavy atom. The molecule has 1 rings (SSSR count). The number of unbranched alkanes of at least 4 members (excludes halogenated alkanes) is 24. The van der Waals surface area contributed by atoms with Crippen LogP contribution in [0, 0.1) is 0 Å². The van der Waals surface area contributed by atoms with Crippen LogP contribution in [-0.2, 0) is 38.7 Å². The normalized spacial score (nSPS) is 20.3. The van der Waals surface area contributed by atoms with E-state index in [2.05, 4.69) is 38.2 Å². The lowest BCUT2D eigenvalue weighted by atomic mass is 10.00. The zero-order valence-electron chi connectivity index (χ0n) is 37.6. The zero-order chi connectivity index (χ0) is 44.1. The molecule has 0 amide bonds. The summed E-state index contributed by atoms with van der Waals surface area (Å²) in [5.74, 6) is -1.98. The molecule has 0 radical (unpaired) electrons. The van der Waals surface area contributed by atoms with Crippen LogP contribution in [0.2, 0.25) is 0 Å². The molecular formula is C47H86O12S. The van der Waals surface area contributed by atoms with Gasteiger partial charge in [-0.25, -0.2) is 0 Å². The van der Waals surface area contributed by atoms with Gasteiger partial charge < -0.3 is 34.3 Å². The molecule has 1 aliphatic rings. The van der Waals surface area contributed by atoms with E-state index in [0.29, 0.717) is 12.8 Å². The quantitative estimate of drug-likeness (QED) is 0.0198. The lowest BCUT2D eigenvalue weighted by Crippen LogP contribution is -2.60. The number of ether oxygens (including phenoxy) is 4. The summed E-state index contributed by atoms with van der Waals surface area (Å²) in [4.78, 5) is 25.4. The zero-order valence-corrected chi connectivity index (χ0v) is 38.4. The molecule has 1 heterocycles. The highest BCUT2D eigenvalue weighted by Crippen LogP contribution is 2.24. The highest BCUT2D eigenvalue weighted by molar-refractivity contribution is 7.85. The van der Waals surface area contributed by atoms with Crippen molar-refractivity contribution < 1.29 is 56.8 Å². The molecule has 13 heteroatoms. The van der Waals surface area contributed by atoms with Gasteiger partial charge in [-0.15, -0.1) is 0 Å². The molecule has 0 spiro atoms. The predicted molar refractivity (Wildman–Crippen MR) is 238 cm³/mol. The molecular weight excluding hydrogens is 789 g/mol. The Morgan fingerprint density at radius 2 is 1.00 bits per heavy atom. The molecule has 6 atom stereocenters. The van der Waals surface area contributed by atoms with Crippen molar-refractivity contribution in [2.75, 3.05) is 19.0 Å². The van der Waals surface area contributed by atoms with Crippen molar-refractivity contribution in [3.63, 3.8) is 0 Å². The summed E-state index contributed by atoms with van der Waals surface area (Å²) >= 11 is 0. The van der Waals surface area contributed by atoms with Crippen LogP contribution in [0.3, 0.4) is 0 Å². The minimum Gasteiger partial charge on any atom is -0.462 e. The van der Waals surface area contributed by atoms with Crippen molar-refractivity contribution in [1.82, 2.24) is 0 Å². The standard InChI is InChI=1S/C47H86O12S/c1-3-5-7-9-11-13-15-17-18-19-20-21-22-24-26-28-30-32-34-36-43(49)58-40(38-57-47-46(52)45(51)44(50)41(59-47)39-60(53,54)55)37-56-42(48)35-33-31-29-27-25-23-16-14-12-10-8-6-4-2/h11,13,17-18,40-41,44-47,50-52H,3-10,12,14-16,19-39H2,1-2H3,(H,53,54,55)/b13-11-,18-17-. The summed E-state index contributed by atoms with van der Waals surface area (Å²) in [6.07, 6.45) is 32.1. The van der Waals surface area contributed by atoms with E-state index in [1.807, 2.05) is 0 Å². The number of rotatable bonds is 40. The van der Waals surface area contributed by atoms with Crippen LogP contribution >= 0.6 is 0 Å². The van der Waals surface area contributed by atoms with Crippen molar-refractivity contribution in [2.24, 2.45) is 0 Å². The number of aliphatic hydroxyl groups is 3. The van der Waals surface area contributed by atoms with Crippen LogP contribution in [0.4, 0.5) is 0 Å². The number of carbonyl (C=O) groups excluding carboxylic acids is 2. The van der Waals surface area contributed by atoms with Gasteiger partial charge in [-0.1, -0.05) is 173 Å². The Balaban J connectivity index is 2.41. The van der Waals surface area contributed by atoms with E-state index in [4.69, 9.17) is 18.9 Å². The first kappa shape index (κ1) is 56.1. The van der Waals surface area contributed by atoms with Gasteiger partial charge in [0.15, 0.2) is 12.4 Å². The SMILES string of the molecule is CCCCC/C=C\C/C=C\CCCCCCCCCCCC(=O)OC(COC(=O)CCCCCCCCCCCCCCC)COC1OC(CS(=O)(=O)O)C(O)C(O)C1O. The van der Waals surface area contributed by atoms with Gasteiger partial charge in [-0.3, -0.25) is 14.1 Å². The van der Waals surface area contributed by atoms with Crippen molar-refractivity contribution in [3.05, 3.63) is 24.3 Å². The summed E-state index contributed by atoms with van der Waals surface area (Å²) in [6.45, 7) is 3.75. The van der Waals surface area contributed by atoms with E-state index >= 15 is 0 Å². The minimum absolute atomic E-state index is 0.162. The van der Waals surface area contributed by atoms with Crippen molar-refractivity contribution >= 4 is 22.1 Å². The molecule has 0 aromatic rings. The van der Waals surface area contributed by atoms with E-state index < -0.39 is 71.2 Å². The summed E-state index contributed by atoms with van der Waals surface area (Å²) in [7, 11) is -4.60. The molecule has 0 aliphatic carbocycles. The first-order valence-corrected chi connectivity index (χ1v) is 25.5. The van der Waals surface area contributed by atoms with Crippen LogP contribution < -0.4 is 0 Å². The number of carbonyl (C=O) groups is 2. The Labute approximate surface area is 364 Å². The summed E-state index contributed by atoms with van der Waals surface area (Å²) in [6, 6.07) is 0. The van der Waals surface area contributed by atoms with Gasteiger partial charge in [0, 0.05) is 12.8 Å². The van der Waals surface area contributed by atoms with Crippen LogP contribution in [0.15, 0.2) is 24.3 Å². The maximum atomic E-state index is 12.8. The van der Waals surface area contributed by atoms with Gasteiger partial charge in [0.2, 0.25) is 0 Å². The van der Waals surface area contributed by atoms with Crippen molar-refractivity contribution in [3.8, 4) is 0 Å². The lowest BCUT2D eigenvalue weighted by Gasteiger charge is -2.40. The molecule has 352 valence electrons. The number of hydrogen-bond donors (Lipinski definition) is 4. The summed E-state index contributed by atoms with van der Waals surface area (Å²) in [5.41, 5.74) is 0. The Morgan fingerprint density at radius 1 is 0.567 bits per heavy atom. The second-order valence-corrected chi connectivity index (χ2v) is 18.3. The molecule has 0 saturated carbocycles. The molecule has 1 aliphatic heterocycles. The molecule has 12 nitrogen and oxygen atoms in total. The largest absolute Gasteiger partial charge is 0.462 e. The van der Waals surface area contributed by atoms with Crippen LogP contribution in [-0.4, -0.2) is 96.0 Å². The number of hydrogen-bond acceptors (Lipinski definition) is 11. The van der Waals surface area contributed by atoms with E-state index in [0.717, 1.165) is 51.4 Å². The van der Waals surface area contributed by atoms with Gasteiger partial charge in [0.05, 0.1) is 6.61 Å². The number of aliphatic hydroxyl groups excluding tert-OH is 3. The van der Waals surface area contributed by atoms with Gasteiger partial charge in [0.25, 0.3) is 10.1 Å². The fourth-order valence-corrected chi connectivity index (χ4v) is 7.99. The number of allylic oxidation sites excluding steroid dienone is 4. The first-order chi connectivity index (χ1) is 29.0. The predicted octanol–water partition coefficient (Wildman–Crippen LogP) is 10.0. The topological polar surface area (TPSA) is 186 Å². The van der Waals surface area contributed by atoms with Gasteiger partial charge in [-0.2, -0.15) is 8.42 Å². The molecule has 0 aromatic heterocycles. The van der Waals surface area contributed by atoms with Crippen molar-refractivity contribution in [1.29, 1.82) is 0 Å². The van der Waals surface area contributed by atoms with Gasteiger partial charge in [-0.05, 0) is 44.9 Å². The third-order valence-corrected chi connectivity index (χ3v) is 11.8. The highest BCUT2D eigenvalue weighted by atomic mass is 32.2. The molecule has 0 bridgehead atoms. The Kier molecular flexibility index (Phi) is 35.2. The minimum atomic E-state index is -4.60. The monoisotopic (exact) mass is 875 g/mol. The second kappa shape index (κ2) is 37.7. The first-order valence-electron chi connectivity index (χ1n) is 23.9. The fourth-order valence-electron chi connectivity index (χ4n) is 7.30. The van der Waals surface area contributed by atoms with E-state index in [9.17, 15) is 37.9 Å². The third kappa shape index (κ3) is 31.9. The molecule has 4 N–H and O–H groups in total. The van der Waals surface area contributed by atoms with E-state index in [1.165, 1.54) is 116 Å². The highest BCUT2D eigenvalue weighted by Gasteiger charge is 2.46. The Bertz CT molecular complexity index is 1210. The average molecular weight is 875 g/mol. The fraction of sp³-hybridized carbons (Fsp3) is 0.872. The van der Waals surface area contributed by atoms with Gasteiger partial charge in [0.1, 0.15) is 36.8 Å². The summed E-state index contributed by atoms with van der Waals surface area (Å²) in [5, 5.41) is 30.9. The summed E-state index contributed by atoms with van der Waals surface area (Å²) < 4.78 is 54.1. The second-order valence-electron chi connectivity index (χ2n) is 16.8. The maximum absolute atomic E-state index is 12.8. The molecule has 60 heavy (non-hydrogen) atoms. The molecule has 6 unspecified atom stereocenters.